The number of carbonyl (C=O) groups excluding carboxylic acids is 3. The zero-order valence-electron chi connectivity index (χ0n) is 14.8. The average Bonchev–Trinajstić information content (AvgIpc) is 2.58. The number of carbonyl (C=O) groups is 3. The van der Waals surface area contributed by atoms with E-state index in [2.05, 4.69) is 10.3 Å². The molecule has 0 spiro atoms. The number of nitrogens with one attached hydrogen (secondary N) is 2. The van der Waals surface area contributed by atoms with Gasteiger partial charge in [-0.3, -0.25) is 14.6 Å². The fraction of sp³-hybridized carbons (Fsp3) is 0.471. The molecule has 1 heterocycles. The Hall–Kier alpha value is -2.68. The van der Waals surface area contributed by atoms with Gasteiger partial charge in [0.25, 0.3) is 5.91 Å². The van der Waals surface area contributed by atoms with E-state index < -0.39 is 41.7 Å². The third-order valence-electron chi connectivity index (χ3n) is 3.30. The van der Waals surface area contributed by atoms with Crippen LogP contribution in [0.15, 0.2) is 18.5 Å². The summed E-state index contributed by atoms with van der Waals surface area (Å²) in [6, 6.07) is -0.00575. The molecule has 9 heteroatoms. The maximum atomic E-state index is 13.3. The van der Waals surface area contributed by atoms with Crippen LogP contribution in [0.4, 0.5) is 4.39 Å². The summed E-state index contributed by atoms with van der Waals surface area (Å²) >= 11 is 0. The summed E-state index contributed by atoms with van der Waals surface area (Å²) in [6.45, 7) is 3.30. The van der Waals surface area contributed by atoms with Crippen LogP contribution >= 0.6 is 0 Å². The Morgan fingerprint density at radius 3 is 2.58 bits per heavy atom. The monoisotopic (exact) mass is 367 g/mol. The van der Waals surface area contributed by atoms with E-state index in [-0.39, 0.29) is 18.4 Å². The van der Waals surface area contributed by atoms with Gasteiger partial charge in [-0.25, -0.2) is 9.18 Å². The first-order chi connectivity index (χ1) is 12.3. The molecule has 0 fully saturated rings. The molecule has 0 aliphatic carbocycles. The van der Waals surface area contributed by atoms with Gasteiger partial charge in [-0.1, -0.05) is 0 Å². The van der Waals surface area contributed by atoms with E-state index in [1.54, 1.807) is 13.8 Å². The summed E-state index contributed by atoms with van der Waals surface area (Å²) in [7, 11) is 1.26. The predicted molar refractivity (Wildman–Crippen MR) is 90.1 cm³/mol. The van der Waals surface area contributed by atoms with Crippen molar-refractivity contribution in [2.45, 2.75) is 44.9 Å². The smallest absolute Gasteiger partial charge is 0.328 e. The van der Waals surface area contributed by atoms with Crippen molar-refractivity contribution in [3.63, 3.8) is 0 Å². The van der Waals surface area contributed by atoms with E-state index in [1.807, 2.05) is 0 Å². The van der Waals surface area contributed by atoms with Crippen LogP contribution in [-0.2, 0) is 23.9 Å². The number of esters is 1. The highest BCUT2D eigenvalue weighted by Crippen LogP contribution is 2.17. The minimum atomic E-state index is -1.19. The van der Waals surface area contributed by atoms with Gasteiger partial charge < -0.3 is 20.2 Å². The molecule has 0 unspecified atom stereocenters. The third-order valence-corrected chi connectivity index (χ3v) is 3.30. The fourth-order valence-electron chi connectivity index (χ4n) is 2.14. The fourth-order valence-corrected chi connectivity index (χ4v) is 2.14. The Balaban J connectivity index is 2.91. The largest absolute Gasteiger partial charge is 0.461 e. The summed E-state index contributed by atoms with van der Waals surface area (Å²) in [5.41, 5.74) is 0.177. The maximum absolute atomic E-state index is 13.3. The highest BCUT2D eigenvalue weighted by molar-refractivity contribution is 6.26. The Bertz CT molecular complexity index is 666. The SMILES string of the molecule is CO[C@H](C(=O)N[C@@H](CCC(=O)C=N)C(=O)OC(C)C)c1cncc(F)c1. The van der Waals surface area contributed by atoms with Crippen molar-refractivity contribution in [1.82, 2.24) is 10.3 Å². The number of methoxy groups -OCH3 is 1. The van der Waals surface area contributed by atoms with Crippen molar-refractivity contribution in [2.24, 2.45) is 0 Å². The van der Waals surface area contributed by atoms with Gasteiger partial charge in [0.2, 0.25) is 0 Å². The van der Waals surface area contributed by atoms with Gasteiger partial charge in [0.05, 0.1) is 18.5 Å². The van der Waals surface area contributed by atoms with Crippen molar-refractivity contribution in [2.75, 3.05) is 7.11 Å². The first-order valence-electron chi connectivity index (χ1n) is 7.95. The number of ketones is 1. The number of nitrogens with zero attached hydrogens (tertiary/aromatic N) is 1. The number of rotatable bonds is 10. The highest BCUT2D eigenvalue weighted by Gasteiger charge is 2.28. The van der Waals surface area contributed by atoms with Crippen LogP contribution in [0.3, 0.4) is 0 Å². The minimum Gasteiger partial charge on any atom is -0.461 e. The molecule has 1 aromatic heterocycles. The van der Waals surface area contributed by atoms with E-state index in [0.717, 1.165) is 12.3 Å². The van der Waals surface area contributed by atoms with Crippen LogP contribution in [0.5, 0.6) is 0 Å². The normalized spacial score (nSPS) is 13.0. The quantitative estimate of drug-likeness (QED) is 0.476. The van der Waals surface area contributed by atoms with Gasteiger partial charge in [0, 0.05) is 25.3 Å². The number of hydrogen-bond acceptors (Lipinski definition) is 7. The molecule has 142 valence electrons. The number of pyridine rings is 1. The summed E-state index contributed by atoms with van der Waals surface area (Å²) < 4.78 is 23.5. The molecule has 0 aromatic carbocycles. The Labute approximate surface area is 150 Å². The second-order valence-corrected chi connectivity index (χ2v) is 5.75. The van der Waals surface area contributed by atoms with Crippen LogP contribution in [0.1, 0.15) is 38.4 Å². The molecular formula is C17H22FN3O5. The molecule has 0 aliphatic heterocycles. The molecule has 0 saturated carbocycles. The van der Waals surface area contributed by atoms with Gasteiger partial charge in [0.15, 0.2) is 11.9 Å². The molecule has 8 nitrogen and oxygen atoms in total. The molecule has 0 bridgehead atoms. The molecule has 1 aromatic rings. The molecule has 1 amide bonds. The zero-order valence-corrected chi connectivity index (χ0v) is 14.8. The lowest BCUT2D eigenvalue weighted by Gasteiger charge is -2.22. The Morgan fingerprint density at radius 2 is 2.04 bits per heavy atom. The molecule has 0 radical (unpaired) electrons. The highest BCUT2D eigenvalue weighted by atomic mass is 19.1. The molecule has 2 atom stereocenters. The van der Waals surface area contributed by atoms with Crippen LogP contribution in [0.2, 0.25) is 0 Å². The van der Waals surface area contributed by atoms with E-state index in [9.17, 15) is 18.8 Å². The van der Waals surface area contributed by atoms with Crippen LogP contribution in [0, 0.1) is 11.2 Å². The van der Waals surface area contributed by atoms with E-state index in [1.165, 1.54) is 13.3 Å². The molecule has 0 aliphatic rings. The van der Waals surface area contributed by atoms with Crippen LogP contribution in [-0.4, -0.2) is 48.1 Å². The van der Waals surface area contributed by atoms with Crippen molar-refractivity contribution < 1.29 is 28.2 Å². The van der Waals surface area contributed by atoms with Crippen molar-refractivity contribution in [3.05, 3.63) is 29.8 Å². The second kappa shape index (κ2) is 10.3. The first kappa shape index (κ1) is 21.4. The Morgan fingerprint density at radius 1 is 1.35 bits per heavy atom. The van der Waals surface area contributed by atoms with Crippen LogP contribution in [0.25, 0.3) is 0 Å². The minimum absolute atomic E-state index is 0.0384. The van der Waals surface area contributed by atoms with E-state index >= 15 is 0 Å². The topological polar surface area (TPSA) is 118 Å². The molecule has 1 rings (SSSR count). The van der Waals surface area contributed by atoms with Gasteiger partial charge in [-0.2, -0.15) is 0 Å². The second-order valence-electron chi connectivity index (χ2n) is 5.75. The van der Waals surface area contributed by atoms with Gasteiger partial charge >= 0.3 is 5.97 Å². The van der Waals surface area contributed by atoms with Gasteiger partial charge in [-0.05, 0) is 26.3 Å². The van der Waals surface area contributed by atoms with Gasteiger partial charge in [0.1, 0.15) is 11.9 Å². The lowest BCUT2D eigenvalue weighted by molar-refractivity contribution is -0.152. The number of halogens is 1. The van der Waals surface area contributed by atoms with Crippen molar-refractivity contribution in [3.8, 4) is 0 Å². The standard InChI is InChI=1S/C17H22FN3O5/c1-10(2)26-17(24)14(5-4-13(22)7-19)21-16(23)15(25-3)11-6-12(18)9-20-8-11/h6-10,14-15,19H,4-5H2,1-3H3,(H,21,23)/t14-,15-/m0/s1. The average molecular weight is 367 g/mol. The first-order valence-corrected chi connectivity index (χ1v) is 7.95. The third kappa shape index (κ3) is 6.67. The molecule has 2 N–H and O–H groups in total. The summed E-state index contributed by atoms with van der Waals surface area (Å²) in [4.78, 5) is 39.6. The van der Waals surface area contributed by atoms with Crippen molar-refractivity contribution >= 4 is 23.9 Å². The van der Waals surface area contributed by atoms with Crippen LogP contribution < -0.4 is 5.32 Å². The summed E-state index contributed by atoms with van der Waals surface area (Å²) in [6.07, 6.45) is 1.15. The molecular weight excluding hydrogens is 345 g/mol. The summed E-state index contributed by atoms with van der Waals surface area (Å²) in [5.74, 6) is -2.53. The van der Waals surface area contributed by atoms with E-state index in [0.29, 0.717) is 6.21 Å². The number of amides is 1. The lowest BCUT2D eigenvalue weighted by Crippen LogP contribution is -2.45. The zero-order chi connectivity index (χ0) is 19.7. The lowest BCUT2D eigenvalue weighted by atomic mass is 10.1. The summed E-state index contributed by atoms with van der Waals surface area (Å²) in [5, 5.41) is 9.36. The van der Waals surface area contributed by atoms with Crippen molar-refractivity contribution in [1.29, 1.82) is 5.41 Å². The number of ether oxygens (including phenoxy) is 2. The number of Topliss-reactive ketones (excluding diaryl/α,β-unsaturated/α-hetero) is 1. The number of hydrogen-bond donors (Lipinski definition) is 2. The number of aromatic nitrogens is 1. The van der Waals surface area contributed by atoms with E-state index in [4.69, 9.17) is 14.9 Å². The Kier molecular flexibility index (Phi) is 8.50. The maximum Gasteiger partial charge on any atom is 0.328 e. The predicted octanol–water partition coefficient (Wildman–Crippen LogP) is 1.34. The van der Waals surface area contributed by atoms with Gasteiger partial charge in [-0.15, -0.1) is 0 Å². The molecule has 26 heavy (non-hydrogen) atoms. The molecule has 0 saturated heterocycles.